The van der Waals surface area contributed by atoms with Gasteiger partial charge in [0, 0.05) is 54.3 Å². The lowest BCUT2D eigenvalue weighted by molar-refractivity contribution is 1.01. The van der Waals surface area contributed by atoms with Crippen LogP contribution in [0.3, 0.4) is 0 Å². The van der Waals surface area contributed by atoms with Crippen molar-refractivity contribution in [1.29, 1.82) is 0 Å². The van der Waals surface area contributed by atoms with E-state index in [0.29, 0.717) is 5.95 Å². The SMILES string of the molecule is c1ccc(-c2nc(-n3c4cccc5c6cccc7c8ccc9c(c%10ccccc%10n9-c9ccccc9)c8n(c8cccc3c8c54)c67)nc3ccc4ccccc4c23)cc1. The van der Waals surface area contributed by atoms with E-state index >= 15 is 0 Å². The number of aromatic nitrogens is 5. The van der Waals surface area contributed by atoms with E-state index in [-0.39, 0.29) is 0 Å². The van der Waals surface area contributed by atoms with Gasteiger partial charge in [-0.15, -0.1) is 0 Å². The van der Waals surface area contributed by atoms with Crippen molar-refractivity contribution in [2.75, 3.05) is 0 Å². The zero-order valence-electron chi connectivity index (χ0n) is 31.6. The molecule has 0 aliphatic heterocycles. The number of hydrogen-bond acceptors (Lipinski definition) is 2. The topological polar surface area (TPSA) is 40.0 Å². The van der Waals surface area contributed by atoms with Crippen molar-refractivity contribution in [3.05, 3.63) is 188 Å². The van der Waals surface area contributed by atoms with Crippen molar-refractivity contribution < 1.29 is 0 Å². The van der Waals surface area contributed by atoms with Gasteiger partial charge in [-0.25, -0.2) is 9.97 Å². The van der Waals surface area contributed by atoms with Crippen LogP contribution in [0.2, 0.25) is 0 Å². The van der Waals surface area contributed by atoms with Gasteiger partial charge in [0.25, 0.3) is 0 Å². The molecule has 0 atom stereocenters. The molecule has 0 saturated heterocycles. The molecule has 5 nitrogen and oxygen atoms in total. The zero-order valence-corrected chi connectivity index (χ0v) is 31.6. The molecule has 14 aromatic rings. The smallest absolute Gasteiger partial charge is 0.235 e. The Morgan fingerprint density at radius 1 is 0.322 bits per heavy atom. The molecule has 59 heavy (non-hydrogen) atoms. The summed E-state index contributed by atoms with van der Waals surface area (Å²) in [5.74, 6) is 0.658. The maximum Gasteiger partial charge on any atom is 0.235 e. The molecular weight excluding hydrogens is 719 g/mol. The Balaban J connectivity index is 1.19. The largest absolute Gasteiger partial charge is 0.309 e. The second-order valence-electron chi connectivity index (χ2n) is 15.7. The lowest BCUT2D eigenvalue weighted by Gasteiger charge is -2.14. The second-order valence-corrected chi connectivity index (χ2v) is 15.7. The Morgan fingerprint density at radius 2 is 0.932 bits per heavy atom. The molecule has 5 aromatic heterocycles. The molecule has 0 spiro atoms. The molecule has 9 aromatic carbocycles. The minimum atomic E-state index is 0.658. The summed E-state index contributed by atoms with van der Waals surface area (Å²) in [4.78, 5) is 11.0. The van der Waals surface area contributed by atoms with Crippen LogP contribution >= 0.6 is 0 Å². The van der Waals surface area contributed by atoms with E-state index in [1.54, 1.807) is 0 Å². The van der Waals surface area contributed by atoms with E-state index in [1.807, 2.05) is 0 Å². The third kappa shape index (κ3) is 3.98. The molecule has 5 heterocycles. The third-order valence-corrected chi connectivity index (χ3v) is 12.7. The van der Waals surface area contributed by atoms with E-state index in [2.05, 4.69) is 202 Å². The van der Waals surface area contributed by atoms with Crippen LogP contribution in [0.4, 0.5) is 0 Å². The highest BCUT2D eigenvalue weighted by Gasteiger charge is 2.26. The molecule has 5 heteroatoms. The first kappa shape index (κ1) is 31.1. The van der Waals surface area contributed by atoms with Crippen LogP contribution in [0.1, 0.15) is 0 Å². The maximum absolute atomic E-state index is 5.54. The lowest BCUT2D eigenvalue weighted by atomic mass is 10.0. The Bertz CT molecular complexity index is 4060. The number of para-hydroxylation sites is 3. The summed E-state index contributed by atoms with van der Waals surface area (Å²) in [6, 6.07) is 68.0. The quantitative estimate of drug-likeness (QED) is 0.169. The summed E-state index contributed by atoms with van der Waals surface area (Å²) < 4.78 is 7.28. The van der Waals surface area contributed by atoms with Crippen molar-refractivity contribution in [2.45, 2.75) is 0 Å². The average molecular weight is 750 g/mol. The van der Waals surface area contributed by atoms with Gasteiger partial charge in [0.15, 0.2) is 0 Å². The van der Waals surface area contributed by atoms with E-state index in [0.717, 1.165) is 49.8 Å². The number of hydrogen-bond donors (Lipinski definition) is 0. The molecule has 0 unspecified atom stereocenters. The summed E-state index contributed by atoms with van der Waals surface area (Å²) in [5, 5.41) is 13.2. The van der Waals surface area contributed by atoms with Crippen LogP contribution in [-0.4, -0.2) is 23.5 Å². The second kappa shape index (κ2) is 11.3. The van der Waals surface area contributed by atoms with Gasteiger partial charge in [0.1, 0.15) is 0 Å². The first-order chi connectivity index (χ1) is 29.3. The lowest BCUT2D eigenvalue weighted by Crippen LogP contribution is -2.04. The third-order valence-electron chi connectivity index (χ3n) is 12.7. The Kier molecular flexibility index (Phi) is 5.96. The number of fused-ring (bicyclic) bond motifs is 12. The number of benzene rings is 9. The van der Waals surface area contributed by atoms with Crippen LogP contribution < -0.4 is 0 Å². The molecule has 0 radical (unpaired) electrons. The minimum Gasteiger partial charge on any atom is -0.309 e. The fourth-order valence-corrected chi connectivity index (χ4v) is 10.4. The highest BCUT2D eigenvalue weighted by atomic mass is 15.2. The van der Waals surface area contributed by atoms with Gasteiger partial charge < -0.3 is 8.97 Å². The van der Waals surface area contributed by atoms with Crippen molar-refractivity contribution in [3.8, 4) is 22.9 Å². The summed E-state index contributed by atoms with van der Waals surface area (Å²) in [6.45, 7) is 0. The van der Waals surface area contributed by atoms with Crippen LogP contribution in [0.15, 0.2) is 188 Å². The van der Waals surface area contributed by atoms with Crippen LogP contribution in [0.25, 0.3) is 126 Å². The van der Waals surface area contributed by atoms with Gasteiger partial charge >= 0.3 is 0 Å². The van der Waals surface area contributed by atoms with Gasteiger partial charge in [0.05, 0.1) is 49.8 Å². The number of rotatable bonds is 3. The van der Waals surface area contributed by atoms with Gasteiger partial charge in [0.2, 0.25) is 5.95 Å². The molecule has 0 N–H and O–H groups in total. The van der Waals surface area contributed by atoms with E-state index in [4.69, 9.17) is 9.97 Å². The molecule has 0 amide bonds. The highest BCUT2D eigenvalue weighted by Crippen LogP contribution is 2.47. The Labute approximate surface area is 336 Å². The molecular formula is C54H31N5. The summed E-state index contributed by atoms with van der Waals surface area (Å²) in [5.41, 5.74) is 12.2. The molecule has 0 bridgehead atoms. The van der Waals surface area contributed by atoms with E-state index in [9.17, 15) is 0 Å². The Morgan fingerprint density at radius 3 is 1.80 bits per heavy atom. The first-order valence-corrected chi connectivity index (χ1v) is 20.2. The van der Waals surface area contributed by atoms with Crippen molar-refractivity contribution in [2.24, 2.45) is 0 Å². The normalized spacial score (nSPS) is 12.4. The molecule has 0 saturated carbocycles. The van der Waals surface area contributed by atoms with Crippen LogP contribution in [-0.2, 0) is 0 Å². The zero-order chi connectivity index (χ0) is 38.3. The Hall–Kier alpha value is -8.02. The molecule has 0 fully saturated rings. The van der Waals surface area contributed by atoms with Crippen LogP contribution in [0.5, 0.6) is 0 Å². The monoisotopic (exact) mass is 749 g/mol. The van der Waals surface area contributed by atoms with Gasteiger partial charge in [-0.1, -0.05) is 140 Å². The standard InChI is InChI=1S/C54H31N5/c1-3-15-33(16-4-1)51-47-35-19-8-7-14-32(35)28-30-41(47)55-54(56-51)58-43-25-12-21-36-37-22-11-23-38-39-29-31-46-49(40-20-9-10-24-42(40)57(46)34-17-5-2-6-18-34)53(39)59(52(37)38)45-27-13-26-44(58)50(45)48(36)43/h1-31H. The highest BCUT2D eigenvalue weighted by molar-refractivity contribution is 6.34. The van der Waals surface area contributed by atoms with Gasteiger partial charge in [-0.05, 0) is 64.7 Å². The molecule has 0 aliphatic rings. The van der Waals surface area contributed by atoms with Gasteiger partial charge in [-0.2, -0.15) is 0 Å². The average Bonchev–Trinajstić information content (AvgIpc) is 3.92. The predicted octanol–water partition coefficient (Wildman–Crippen LogP) is 13.8. The molecule has 272 valence electrons. The molecule has 14 rings (SSSR count). The van der Waals surface area contributed by atoms with Gasteiger partial charge in [-0.3, -0.25) is 4.57 Å². The summed E-state index contributed by atoms with van der Waals surface area (Å²) in [6.07, 6.45) is 0. The van der Waals surface area contributed by atoms with Crippen molar-refractivity contribution in [3.63, 3.8) is 0 Å². The predicted molar refractivity (Wildman–Crippen MR) is 246 cm³/mol. The van der Waals surface area contributed by atoms with E-state index in [1.165, 1.54) is 70.5 Å². The van der Waals surface area contributed by atoms with Crippen molar-refractivity contribution in [1.82, 2.24) is 23.5 Å². The first-order valence-electron chi connectivity index (χ1n) is 20.2. The maximum atomic E-state index is 5.54. The van der Waals surface area contributed by atoms with Crippen LogP contribution in [0, 0.1) is 0 Å². The summed E-state index contributed by atoms with van der Waals surface area (Å²) in [7, 11) is 0. The summed E-state index contributed by atoms with van der Waals surface area (Å²) >= 11 is 0. The minimum absolute atomic E-state index is 0.658. The number of nitrogens with zero attached hydrogens (tertiary/aromatic N) is 5. The molecule has 0 aliphatic carbocycles. The van der Waals surface area contributed by atoms with E-state index < -0.39 is 0 Å². The van der Waals surface area contributed by atoms with Crippen molar-refractivity contribution >= 4 is 103 Å². The fourth-order valence-electron chi connectivity index (χ4n) is 10.4. The fraction of sp³-hybridized carbons (Fsp3) is 0.